The second kappa shape index (κ2) is 9.69. The maximum Gasteiger partial charge on any atom is 0.143 e. The van der Waals surface area contributed by atoms with Crippen molar-refractivity contribution in [3.8, 4) is 33.4 Å². The minimum Gasteiger partial charge on any atom is -0.456 e. The van der Waals surface area contributed by atoms with Crippen molar-refractivity contribution in [1.29, 1.82) is 0 Å². The predicted octanol–water partition coefficient (Wildman–Crippen LogP) is 12.8. The molecule has 0 radical (unpaired) electrons. The summed E-state index contributed by atoms with van der Waals surface area (Å²) >= 11 is 0. The Hall–Kier alpha value is -6.12. The van der Waals surface area contributed by atoms with Gasteiger partial charge in [-0.15, -0.1) is 0 Å². The van der Waals surface area contributed by atoms with E-state index in [0.717, 1.165) is 0 Å². The Balaban J connectivity index is 1.47. The third-order valence-corrected chi connectivity index (χ3v) is 7.63. The minimum atomic E-state index is -1.07. The highest BCUT2D eigenvalue weighted by Gasteiger charge is 2.20. The molecule has 0 bridgehead atoms. The first-order chi connectivity index (χ1) is 33.6. The van der Waals surface area contributed by atoms with Gasteiger partial charge in [-0.2, -0.15) is 0 Å². The van der Waals surface area contributed by atoms with Crippen molar-refractivity contribution in [3.05, 3.63) is 157 Å². The van der Waals surface area contributed by atoms with Crippen LogP contribution < -0.4 is 0 Å². The fourth-order valence-electron chi connectivity index (χ4n) is 5.74. The number of para-hydroxylation sites is 3. The van der Waals surface area contributed by atoms with Crippen molar-refractivity contribution in [3.63, 3.8) is 0 Å². The molecule has 2 nitrogen and oxygen atoms in total. The molecule has 2 heterocycles. The summed E-state index contributed by atoms with van der Waals surface area (Å²) in [6.07, 6.45) is 0. The molecule has 0 saturated carbocycles. The summed E-state index contributed by atoms with van der Waals surface area (Å²) in [5.41, 5.74) is -6.54. The van der Waals surface area contributed by atoms with Gasteiger partial charge in [-0.05, 0) is 67.5 Å². The molecule has 10 aromatic rings. The Morgan fingerprint density at radius 3 is 1.50 bits per heavy atom. The average Bonchev–Trinajstić information content (AvgIpc) is 3.95. The second-order valence-electron chi connectivity index (χ2n) is 10.0. The van der Waals surface area contributed by atoms with Crippen molar-refractivity contribution in [2.45, 2.75) is 0 Å². The topological polar surface area (TPSA) is 26.3 Å². The molecule has 46 heavy (non-hydrogen) atoms. The Labute approximate surface area is 301 Å². The van der Waals surface area contributed by atoms with Crippen LogP contribution in [-0.2, 0) is 0 Å². The van der Waals surface area contributed by atoms with Crippen LogP contribution in [0.25, 0.3) is 98.8 Å². The SMILES string of the molecule is [2H]c1c([2H])c(-c2c3c([2H])c([2H])c([2H])c([2H])c3c(-c3c([2H])c([2H])c([2H])c4oc5c([2H])c([2H])c([2H])c([2H])c5c34)c3c([2H])c([2H])c([2H])c([2H])c23)c([2H])c([2H])c1-c1c([2H])c([2H])c([2H])c2c1oc1c([2H])c([2H])c([2H])c([2H])c12. The molecule has 0 aliphatic carbocycles. The van der Waals surface area contributed by atoms with E-state index in [9.17, 15) is 12.3 Å². The number of fused-ring (bicyclic) bond motifs is 8. The van der Waals surface area contributed by atoms with Gasteiger partial charge in [-0.3, -0.25) is 0 Å². The lowest BCUT2D eigenvalue weighted by atomic mass is 9.84. The van der Waals surface area contributed by atoms with E-state index in [1.54, 1.807) is 0 Å². The Bertz CT molecular complexity index is 4180. The number of benzene rings is 8. The number of hydrogen-bond donors (Lipinski definition) is 0. The van der Waals surface area contributed by atoms with Crippen molar-refractivity contribution in [1.82, 2.24) is 0 Å². The number of hydrogen-bond acceptors (Lipinski definition) is 2. The molecule has 0 amide bonds. The molecule has 0 spiro atoms. The smallest absolute Gasteiger partial charge is 0.143 e. The van der Waals surface area contributed by atoms with E-state index in [0.29, 0.717) is 0 Å². The monoisotopic (exact) mass is 612 g/mol. The molecule has 0 aliphatic heterocycles. The summed E-state index contributed by atoms with van der Waals surface area (Å²) in [4.78, 5) is 0. The van der Waals surface area contributed by atoms with Crippen molar-refractivity contribution >= 4 is 65.4 Å². The molecule has 10 rings (SSSR count). The normalized spacial score (nSPS) is 19.8. The molecule has 0 aliphatic rings. The summed E-state index contributed by atoms with van der Waals surface area (Å²) < 4.78 is 245. The van der Waals surface area contributed by atoms with Crippen LogP contribution in [0.2, 0.25) is 0 Å². The maximum absolute atomic E-state index is 9.60. The third kappa shape index (κ3) is 3.59. The second-order valence-corrected chi connectivity index (χ2v) is 10.0. The van der Waals surface area contributed by atoms with Crippen LogP contribution in [0.4, 0.5) is 0 Å². The minimum absolute atomic E-state index is 0.379. The Morgan fingerprint density at radius 2 is 0.804 bits per heavy atom. The molecule has 0 unspecified atom stereocenters. The molecule has 0 fully saturated rings. The molecular formula is C44H26O2. The highest BCUT2D eigenvalue weighted by Crippen LogP contribution is 2.47. The first kappa shape index (κ1) is 10.8. The van der Waals surface area contributed by atoms with Crippen LogP contribution in [0.15, 0.2) is 166 Å². The van der Waals surface area contributed by atoms with E-state index in [-0.39, 0.29) is 5.39 Å². The molecule has 2 aromatic heterocycles. The summed E-state index contributed by atoms with van der Waals surface area (Å²) in [7, 11) is 0. The summed E-state index contributed by atoms with van der Waals surface area (Å²) in [6, 6.07) is -23.1. The average molecular weight is 613 g/mol. The van der Waals surface area contributed by atoms with Gasteiger partial charge in [0.05, 0.1) is 35.6 Å². The van der Waals surface area contributed by atoms with Gasteiger partial charge in [0.25, 0.3) is 0 Å². The lowest BCUT2D eigenvalue weighted by Crippen LogP contribution is -1.91. The van der Waals surface area contributed by atoms with E-state index in [2.05, 4.69) is 0 Å². The highest BCUT2D eigenvalue weighted by molar-refractivity contribution is 6.25. The lowest BCUT2D eigenvalue weighted by Gasteiger charge is -2.18. The van der Waals surface area contributed by atoms with Crippen LogP contribution >= 0.6 is 0 Å². The largest absolute Gasteiger partial charge is 0.456 e. The molecule has 2 heteroatoms. The molecule has 214 valence electrons. The van der Waals surface area contributed by atoms with Crippen molar-refractivity contribution in [2.75, 3.05) is 0 Å². The van der Waals surface area contributed by atoms with Gasteiger partial charge in [-0.1, -0.05) is 139 Å². The van der Waals surface area contributed by atoms with Crippen molar-refractivity contribution < 1.29 is 44.5 Å². The molecular weight excluding hydrogens is 560 g/mol. The molecule has 8 aromatic carbocycles. The summed E-state index contributed by atoms with van der Waals surface area (Å²) in [6.45, 7) is 0. The van der Waals surface area contributed by atoms with E-state index in [1.165, 1.54) is 0 Å². The van der Waals surface area contributed by atoms with Gasteiger partial charge >= 0.3 is 0 Å². The zero-order valence-corrected chi connectivity index (χ0v) is 22.8. The van der Waals surface area contributed by atoms with Gasteiger partial charge in [0.2, 0.25) is 0 Å². The zero-order valence-electron chi connectivity index (χ0n) is 48.8. The fourth-order valence-corrected chi connectivity index (χ4v) is 5.74. The maximum atomic E-state index is 9.60. The number of furan rings is 2. The van der Waals surface area contributed by atoms with Gasteiger partial charge in [0, 0.05) is 27.1 Å². The molecule has 0 saturated heterocycles. The fraction of sp³-hybridized carbons (Fsp3) is 0. The first-order valence-electron chi connectivity index (χ1n) is 26.6. The van der Waals surface area contributed by atoms with E-state index in [4.69, 9.17) is 32.1 Å². The van der Waals surface area contributed by atoms with Gasteiger partial charge in [0.15, 0.2) is 0 Å². The Kier molecular flexibility index (Phi) is 2.26. The van der Waals surface area contributed by atoms with Crippen LogP contribution in [0.5, 0.6) is 0 Å². The molecule has 0 N–H and O–H groups in total. The van der Waals surface area contributed by atoms with Gasteiger partial charge < -0.3 is 8.83 Å². The Morgan fingerprint density at radius 1 is 0.326 bits per heavy atom. The molecule has 0 atom stereocenters. The summed E-state index contributed by atoms with van der Waals surface area (Å²) in [5, 5.41) is -4.57. The van der Waals surface area contributed by atoms with Crippen LogP contribution in [0.3, 0.4) is 0 Å². The quantitative estimate of drug-likeness (QED) is 0.186. The van der Waals surface area contributed by atoms with Gasteiger partial charge in [-0.25, -0.2) is 0 Å². The first-order valence-corrected chi connectivity index (χ1v) is 13.6. The van der Waals surface area contributed by atoms with Gasteiger partial charge in [0.1, 0.15) is 22.3 Å². The number of rotatable bonds is 3. The van der Waals surface area contributed by atoms with Crippen LogP contribution in [0, 0.1) is 0 Å². The standard InChI is InChI=1S/C44H26O2/c1-3-14-33-31(12-1)41(28-25-23-27(24-26-28)29-17-9-18-35-30-11-5-7-20-38(30)46-44(29)35)32-13-2-4-15-34(32)42(33)37-19-10-22-40-43(37)36-16-6-8-21-39(36)45-40/h1-26H/i1D,2D,3D,4D,5D,6D,7D,8D,9D,10D,11D,12D,13D,14D,15D,16D,17D,18D,19D,20D,21D,22D,23D,24D,25D,26D. The van der Waals surface area contributed by atoms with Crippen molar-refractivity contribution in [2.24, 2.45) is 0 Å². The summed E-state index contributed by atoms with van der Waals surface area (Å²) in [5.74, 6) is 0. The predicted molar refractivity (Wildman–Crippen MR) is 192 cm³/mol. The van der Waals surface area contributed by atoms with Crippen LogP contribution in [-0.4, -0.2) is 0 Å². The third-order valence-electron chi connectivity index (χ3n) is 7.63. The van der Waals surface area contributed by atoms with E-state index < -0.39 is 251 Å². The van der Waals surface area contributed by atoms with E-state index in [1.807, 2.05) is 0 Å². The van der Waals surface area contributed by atoms with E-state index >= 15 is 0 Å². The zero-order chi connectivity index (χ0) is 52.8. The lowest BCUT2D eigenvalue weighted by molar-refractivity contribution is 0.669. The highest BCUT2D eigenvalue weighted by atomic mass is 16.3. The van der Waals surface area contributed by atoms with Crippen LogP contribution in [0.1, 0.15) is 35.6 Å².